The molecular formula is C26H28N2O4. The third kappa shape index (κ3) is 5.66. The van der Waals surface area contributed by atoms with Crippen molar-refractivity contribution in [2.24, 2.45) is 0 Å². The molecule has 3 aromatic carbocycles. The van der Waals surface area contributed by atoms with Gasteiger partial charge in [-0.2, -0.15) is 0 Å². The van der Waals surface area contributed by atoms with Crippen molar-refractivity contribution in [2.75, 3.05) is 27.3 Å². The Labute approximate surface area is 188 Å². The minimum Gasteiger partial charge on any atom is -0.493 e. The molecular weight excluding hydrogens is 404 g/mol. The van der Waals surface area contributed by atoms with Gasteiger partial charge >= 0.3 is 0 Å². The zero-order valence-electron chi connectivity index (χ0n) is 18.6. The second-order valence-corrected chi connectivity index (χ2v) is 7.22. The molecule has 2 amide bonds. The highest BCUT2D eigenvalue weighted by molar-refractivity contribution is 5.96. The molecule has 0 saturated carbocycles. The van der Waals surface area contributed by atoms with Gasteiger partial charge in [0.25, 0.3) is 5.91 Å². The minimum atomic E-state index is -0.278. The fourth-order valence-electron chi connectivity index (χ4n) is 3.39. The van der Waals surface area contributed by atoms with Crippen molar-refractivity contribution in [2.45, 2.75) is 13.5 Å². The maximum absolute atomic E-state index is 12.7. The molecule has 0 spiro atoms. The van der Waals surface area contributed by atoms with E-state index in [-0.39, 0.29) is 18.4 Å². The average molecular weight is 433 g/mol. The first-order valence-corrected chi connectivity index (χ1v) is 10.5. The molecule has 0 heterocycles. The number of amides is 2. The summed E-state index contributed by atoms with van der Waals surface area (Å²) in [6, 6.07) is 22.9. The molecule has 0 unspecified atom stereocenters. The SMILES string of the molecule is CCN(Cc1ccc(OC)c(OC)c1)C(=O)CNC(=O)c1ccc(-c2ccccc2)cc1. The number of nitrogens with one attached hydrogen (secondary N) is 1. The summed E-state index contributed by atoms with van der Waals surface area (Å²) in [5.41, 5.74) is 3.55. The summed E-state index contributed by atoms with van der Waals surface area (Å²) in [6.07, 6.45) is 0. The fourth-order valence-corrected chi connectivity index (χ4v) is 3.39. The van der Waals surface area contributed by atoms with Gasteiger partial charge in [0.1, 0.15) is 0 Å². The van der Waals surface area contributed by atoms with Gasteiger partial charge in [-0.3, -0.25) is 9.59 Å². The van der Waals surface area contributed by atoms with E-state index in [0.29, 0.717) is 30.2 Å². The second-order valence-electron chi connectivity index (χ2n) is 7.22. The standard InChI is InChI=1S/C26H28N2O4/c1-4-28(18-19-10-15-23(31-2)24(16-19)32-3)25(29)17-27-26(30)22-13-11-21(12-14-22)20-8-6-5-7-9-20/h5-16H,4,17-18H2,1-3H3,(H,27,30). The van der Waals surface area contributed by atoms with Gasteiger partial charge < -0.3 is 19.7 Å². The summed E-state index contributed by atoms with van der Waals surface area (Å²) in [5.74, 6) is 0.814. The van der Waals surface area contributed by atoms with Gasteiger partial charge in [0.15, 0.2) is 11.5 Å². The lowest BCUT2D eigenvalue weighted by Crippen LogP contribution is -2.39. The quantitative estimate of drug-likeness (QED) is 0.552. The second kappa shape index (κ2) is 11.0. The number of nitrogens with zero attached hydrogens (tertiary/aromatic N) is 1. The number of ether oxygens (including phenoxy) is 2. The Hall–Kier alpha value is -3.80. The fraction of sp³-hybridized carbons (Fsp3) is 0.231. The van der Waals surface area contributed by atoms with Crippen LogP contribution in [0.4, 0.5) is 0 Å². The van der Waals surface area contributed by atoms with Crippen LogP contribution in [0.15, 0.2) is 72.8 Å². The van der Waals surface area contributed by atoms with Gasteiger partial charge in [0, 0.05) is 18.7 Å². The van der Waals surface area contributed by atoms with Crippen LogP contribution in [0.2, 0.25) is 0 Å². The van der Waals surface area contributed by atoms with E-state index < -0.39 is 0 Å². The smallest absolute Gasteiger partial charge is 0.251 e. The van der Waals surface area contributed by atoms with Crippen molar-refractivity contribution < 1.29 is 19.1 Å². The van der Waals surface area contributed by atoms with Crippen molar-refractivity contribution in [1.82, 2.24) is 10.2 Å². The number of hydrogen-bond donors (Lipinski definition) is 1. The van der Waals surface area contributed by atoms with E-state index in [1.807, 2.05) is 67.6 Å². The van der Waals surface area contributed by atoms with E-state index >= 15 is 0 Å². The van der Waals surface area contributed by atoms with E-state index in [0.717, 1.165) is 16.7 Å². The van der Waals surface area contributed by atoms with Crippen LogP contribution >= 0.6 is 0 Å². The maximum Gasteiger partial charge on any atom is 0.251 e. The third-order valence-corrected chi connectivity index (χ3v) is 5.21. The molecule has 0 saturated heterocycles. The Bertz CT molecular complexity index is 1050. The number of carbonyl (C=O) groups excluding carboxylic acids is 2. The highest BCUT2D eigenvalue weighted by atomic mass is 16.5. The molecule has 3 aromatic rings. The first-order chi connectivity index (χ1) is 15.5. The van der Waals surface area contributed by atoms with Crippen LogP contribution in [0.5, 0.6) is 11.5 Å². The van der Waals surface area contributed by atoms with Crippen molar-refractivity contribution in [3.8, 4) is 22.6 Å². The average Bonchev–Trinajstić information content (AvgIpc) is 2.86. The molecule has 32 heavy (non-hydrogen) atoms. The van der Waals surface area contributed by atoms with E-state index in [1.165, 1.54) is 0 Å². The first-order valence-electron chi connectivity index (χ1n) is 10.5. The molecule has 0 aliphatic carbocycles. The molecule has 166 valence electrons. The van der Waals surface area contributed by atoms with Crippen molar-refractivity contribution in [1.29, 1.82) is 0 Å². The summed E-state index contributed by atoms with van der Waals surface area (Å²) < 4.78 is 10.6. The van der Waals surface area contributed by atoms with Gasteiger partial charge in [0.2, 0.25) is 5.91 Å². The number of carbonyl (C=O) groups is 2. The predicted molar refractivity (Wildman–Crippen MR) is 125 cm³/mol. The highest BCUT2D eigenvalue weighted by Gasteiger charge is 2.15. The maximum atomic E-state index is 12.7. The minimum absolute atomic E-state index is 0.0690. The molecule has 0 aliphatic heterocycles. The Kier molecular flexibility index (Phi) is 7.86. The van der Waals surface area contributed by atoms with Crippen molar-refractivity contribution in [3.05, 3.63) is 83.9 Å². The Morgan fingerprint density at radius 2 is 1.50 bits per heavy atom. The summed E-state index contributed by atoms with van der Waals surface area (Å²) in [5, 5.41) is 2.72. The topological polar surface area (TPSA) is 67.9 Å². The molecule has 1 N–H and O–H groups in total. The zero-order valence-corrected chi connectivity index (χ0v) is 18.6. The van der Waals surface area contributed by atoms with E-state index in [1.54, 1.807) is 31.3 Å². The van der Waals surface area contributed by atoms with Gasteiger partial charge in [-0.15, -0.1) is 0 Å². The van der Waals surface area contributed by atoms with Crippen LogP contribution in [0.25, 0.3) is 11.1 Å². The number of methoxy groups -OCH3 is 2. The zero-order chi connectivity index (χ0) is 22.9. The molecule has 0 fully saturated rings. The monoisotopic (exact) mass is 432 g/mol. The summed E-state index contributed by atoms with van der Waals surface area (Å²) in [4.78, 5) is 26.9. The third-order valence-electron chi connectivity index (χ3n) is 5.21. The molecule has 3 rings (SSSR count). The largest absolute Gasteiger partial charge is 0.493 e. The summed E-state index contributed by atoms with van der Waals surface area (Å²) in [7, 11) is 3.16. The molecule has 6 heteroatoms. The molecule has 0 atom stereocenters. The molecule has 6 nitrogen and oxygen atoms in total. The van der Waals surface area contributed by atoms with Crippen LogP contribution < -0.4 is 14.8 Å². The van der Waals surface area contributed by atoms with E-state index in [4.69, 9.17) is 9.47 Å². The van der Waals surface area contributed by atoms with Gasteiger partial charge in [-0.1, -0.05) is 48.5 Å². The van der Waals surface area contributed by atoms with Crippen LogP contribution in [-0.4, -0.2) is 44.0 Å². The number of likely N-dealkylation sites (N-methyl/N-ethyl adjacent to an activating group) is 1. The van der Waals surface area contributed by atoms with Crippen LogP contribution in [0.3, 0.4) is 0 Å². The normalized spacial score (nSPS) is 10.3. The summed E-state index contributed by atoms with van der Waals surface area (Å²) in [6.45, 7) is 2.77. The van der Waals surface area contributed by atoms with Gasteiger partial charge in [-0.05, 0) is 47.9 Å². The lowest BCUT2D eigenvalue weighted by Gasteiger charge is -2.22. The number of hydrogen-bond acceptors (Lipinski definition) is 4. The van der Waals surface area contributed by atoms with Crippen molar-refractivity contribution >= 4 is 11.8 Å². The lowest BCUT2D eigenvalue weighted by atomic mass is 10.0. The van der Waals surface area contributed by atoms with Crippen LogP contribution in [0.1, 0.15) is 22.8 Å². The lowest BCUT2D eigenvalue weighted by molar-refractivity contribution is -0.130. The Morgan fingerprint density at radius 3 is 2.12 bits per heavy atom. The molecule has 0 aliphatic rings. The molecule has 0 aromatic heterocycles. The summed E-state index contributed by atoms with van der Waals surface area (Å²) >= 11 is 0. The van der Waals surface area contributed by atoms with Gasteiger partial charge in [0.05, 0.1) is 20.8 Å². The highest BCUT2D eigenvalue weighted by Crippen LogP contribution is 2.28. The van der Waals surface area contributed by atoms with E-state index in [2.05, 4.69) is 5.32 Å². The van der Waals surface area contributed by atoms with Crippen LogP contribution in [-0.2, 0) is 11.3 Å². The Morgan fingerprint density at radius 1 is 0.844 bits per heavy atom. The van der Waals surface area contributed by atoms with Crippen molar-refractivity contribution in [3.63, 3.8) is 0 Å². The predicted octanol–water partition coefficient (Wildman–Crippen LogP) is 4.15. The van der Waals surface area contributed by atoms with Gasteiger partial charge in [-0.25, -0.2) is 0 Å². The van der Waals surface area contributed by atoms with E-state index in [9.17, 15) is 9.59 Å². The Balaban J connectivity index is 1.58. The van der Waals surface area contributed by atoms with Crippen LogP contribution in [0, 0.1) is 0 Å². The molecule has 0 bridgehead atoms. The number of rotatable bonds is 9. The number of benzene rings is 3. The first kappa shape index (κ1) is 22.9. The molecule has 0 radical (unpaired) electrons.